The van der Waals surface area contributed by atoms with Crippen LogP contribution in [0.4, 0.5) is 5.69 Å². The van der Waals surface area contributed by atoms with Gasteiger partial charge in [0, 0.05) is 12.2 Å². The second kappa shape index (κ2) is 6.68. The Morgan fingerprint density at radius 2 is 1.79 bits per heavy atom. The van der Waals surface area contributed by atoms with Gasteiger partial charge in [-0.15, -0.1) is 0 Å². The lowest BCUT2D eigenvalue weighted by Gasteiger charge is -2.44. The molecular formula is C23H25N. The highest BCUT2D eigenvalue weighted by Gasteiger charge is 2.33. The van der Waals surface area contributed by atoms with Gasteiger partial charge < -0.3 is 4.90 Å². The summed E-state index contributed by atoms with van der Waals surface area (Å²) in [6, 6.07) is 20.4. The number of hydrogen-bond donors (Lipinski definition) is 0. The molecular weight excluding hydrogens is 290 g/mol. The summed E-state index contributed by atoms with van der Waals surface area (Å²) in [7, 11) is 0. The molecule has 1 heterocycles. The van der Waals surface area contributed by atoms with E-state index in [1.807, 2.05) is 0 Å². The molecule has 1 heteroatoms. The molecule has 1 aliphatic heterocycles. The Morgan fingerprint density at radius 3 is 2.58 bits per heavy atom. The fraction of sp³-hybridized carbons (Fsp3) is 0.304. The lowest BCUT2D eigenvalue weighted by molar-refractivity contribution is 0.439. The standard InChI is InChI=1S/C23H25N/c1-18-11-13-19(14-12-18)17-23-22-10-6-5-7-20(22)15-16-24(23)21-8-3-2-4-9-21/h2-6,8-14,20,23H,7,15-17H2,1H3. The summed E-state index contributed by atoms with van der Waals surface area (Å²) < 4.78 is 0. The lowest BCUT2D eigenvalue weighted by atomic mass is 9.78. The Bertz CT molecular complexity index is 739. The predicted octanol–water partition coefficient (Wildman–Crippen LogP) is 5.32. The van der Waals surface area contributed by atoms with Gasteiger partial charge in [-0.2, -0.15) is 0 Å². The van der Waals surface area contributed by atoms with Crippen molar-refractivity contribution in [3.8, 4) is 0 Å². The highest BCUT2D eigenvalue weighted by Crippen LogP contribution is 2.37. The topological polar surface area (TPSA) is 3.24 Å². The van der Waals surface area contributed by atoms with E-state index >= 15 is 0 Å². The summed E-state index contributed by atoms with van der Waals surface area (Å²) >= 11 is 0. The molecule has 1 fully saturated rings. The van der Waals surface area contributed by atoms with Gasteiger partial charge >= 0.3 is 0 Å². The zero-order valence-electron chi connectivity index (χ0n) is 14.4. The number of hydrogen-bond acceptors (Lipinski definition) is 1. The van der Waals surface area contributed by atoms with Gasteiger partial charge in [0.25, 0.3) is 0 Å². The first kappa shape index (κ1) is 15.3. The SMILES string of the molecule is Cc1ccc(CC2C3=CC=CCC3CCN2c2ccccc2)cc1. The van der Waals surface area contributed by atoms with Gasteiger partial charge in [-0.05, 0) is 55.4 Å². The number of fused-ring (bicyclic) bond motifs is 1. The average Bonchev–Trinajstić information content (AvgIpc) is 2.64. The molecule has 0 bridgehead atoms. The number of anilines is 1. The van der Waals surface area contributed by atoms with Crippen LogP contribution in [0.1, 0.15) is 24.0 Å². The highest BCUT2D eigenvalue weighted by molar-refractivity contribution is 5.52. The van der Waals surface area contributed by atoms with Gasteiger partial charge in [0.05, 0.1) is 6.04 Å². The molecule has 2 aromatic rings. The summed E-state index contributed by atoms with van der Waals surface area (Å²) in [5.74, 6) is 0.727. The van der Waals surface area contributed by atoms with Crippen molar-refractivity contribution in [2.45, 2.75) is 32.2 Å². The largest absolute Gasteiger partial charge is 0.364 e. The maximum absolute atomic E-state index is 2.61. The third-order valence-corrected chi connectivity index (χ3v) is 5.43. The molecule has 0 N–H and O–H groups in total. The third kappa shape index (κ3) is 3.03. The van der Waals surface area contributed by atoms with Crippen LogP contribution >= 0.6 is 0 Å². The van der Waals surface area contributed by atoms with Crippen LogP contribution in [-0.4, -0.2) is 12.6 Å². The average molecular weight is 315 g/mol. The molecule has 0 saturated carbocycles. The lowest BCUT2D eigenvalue weighted by Crippen LogP contribution is -2.46. The minimum Gasteiger partial charge on any atom is -0.364 e. The van der Waals surface area contributed by atoms with Gasteiger partial charge in [0.1, 0.15) is 0 Å². The van der Waals surface area contributed by atoms with Crippen LogP contribution in [0, 0.1) is 12.8 Å². The molecule has 2 unspecified atom stereocenters. The molecule has 2 aliphatic rings. The minimum atomic E-state index is 0.471. The van der Waals surface area contributed by atoms with Gasteiger partial charge in [-0.1, -0.05) is 66.3 Å². The molecule has 122 valence electrons. The quantitative estimate of drug-likeness (QED) is 0.741. The second-order valence-electron chi connectivity index (χ2n) is 7.05. The zero-order valence-corrected chi connectivity index (χ0v) is 14.4. The molecule has 0 amide bonds. The maximum atomic E-state index is 2.61. The van der Waals surface area contributed by atoms with E-state index in [1.54, 1.807) is 5.57 Å². The molecule has 2 atom stereocenters. The van der Waals surface area contributed by atoms with Crippen molar-refractivity contribution in [3.05, 3.63) is 89.5 Å². The summed E-state index contributed by atoms with van der Waals surface area (Å²) in [5, 5.41) is 0. The molecule has 0 aromatic heterocycles. The van der Waals surface area contributed by atoms with E-state index in [0.717, 1.165) is 18.9 Å². The smallest absolute Gasteiger partial charge is 0.0548 e. The molecule has 4 rings (SSSR count). The van der Waals surface area contributed by atoms with Crippen molar-refractivity contribution in [2.24, 2.45) is 5.92 Å². The Balaban J connectivity index is 1.68. The molecule has 24 heavy (non-hydrogen) atoms. The minimum absolute atomic E-state index is 0.471. The zero-order chi connectivity index (χ0) is 16.4. The molecule has 0 radical (unpaired) electrons. The number of aryl methyl sites for hydroxylation is 1. The normalized spacial score (nSPS) is 22.9. The monoisotopic (exact) mass is 315 g/mol. The van der Waals surface area contributed by atoms with Crippen LogP contribution in [0.2, 0.25) is 0 Å². The Kier molecular flexibility index (Phi) is 4.25. The fourth-order valence-corrected chi connectivity index (χ4v) is 4.10. The first-order valence-electron chi connectivity index (χ1n) is 9.05. The van der Waals surface area contributed by atoms with E-state index in [1.165, 1.54) is 29.7 Å². The van der Waals surface area contributed by atoms with Crippen LogP contribution in [-0.2, 0) is 6.42 Å². The van der Waals surface area contributed by atoms with Crippen LogP contribution in [0.5, 0.6) is 0 Å². The summed E-state index contributed by atoms with van der Waals surface area (Å²) in [4.78, 5) is 2.61. The third-order valence-electron chi connectivity index (χ3n) is 5.43. The van der Waals surface area contributed by atoms with Crippen LogP contribution in [0.25, 0.3) is 0 Å². The van der Waals surface area contributed by atoms with Crippen molar-refractivity contribution in [1.82, 2.24) is 0 Å². The van der Waals surface area contributed by atoms with E-state index in [0.29, 0.717) is 6.04 Å². The fourth-order valence-electron chi connectivity index (χ4n) is 4.10. The summed E-state index contributed by atoms with van der Waals surface area (Å²) in [6.07, 6.45) is 10.5. The van der Waals surface area contributed by atoms with Crippen molar-refractivity contribution in [1.29, 1.82) is 0 Å². The van der Waals surface area contributed by atoms with Crippen LogP contribution < -0.4 is 4.90 Å². The highest BCUT2D eigenvalue weighted by atomic mass is 15.2. The van der Waals surface area contributed by atoms with Gasteiger partial charge in [-0.25, -0.2) is 0 Å². The van der Waals surface area contributed by atoms with Crippen molar-refractivity contribution >= 4 is 5.69 Å². The molecule has 1 aliphatic carbocycles. The van der Waals surface area contributed by atoms with Crippen molar-refractivity contribution in [2.75, 3.05) is 11.4 Å². The van der Waals surface area contributed by atoms with E-state index in [4.69, 9.17) is 0 Å². The van der Waals surface area contributed by atoms with E-state index in [2.05, 4.69) is 84.6 Å². The number of allylic oxidation sites excluding steroid dienone is 3. The predicted molar refractivity (Wildman–Crippen MR) is 102 cm³/mol. The van der Waals surface area contributed by atoms with E-state index in [-0.39, 0.29) is 0 Å². The van der Waals surface area contributed by atoms with Gasteiger partial charge in [0.15, 0.2) is 0 Å². The molecule has 1 saturated heterocycles. The Morgan fingerprint density at radius 1 is 1.00 bits per heavy atom. The van der Waals surface area contributed by atoms with Crippen molar-refractivity contribution < 1.29 is 0 Å². The summed E-state index contributed by atoms with van der Waals surface area (Å²) in [5.41, 5.74) is 5.74. The Labute approximate surface area is 145 Å². The van der Waals surface area contributed by atoms with Crippen molar-refractivity contribution in [3.63, 3.8) is 0 Å². The number of para-hydroxylation sites is 1. The van der Waals surface area contributed by atoms with Gasteiger partial charge in [0.2, 0.25) is 0 Å². The molecule has 2 aromatic carbocycles. The van der Waals surface area contributed by atoms with Gasteiger partial charge in [-0.3, -0.25) is 0 Å². The summed E-state index contributed by atoms with van der Waals surface area (Å²) in [6.45, 7) is 3.31. The van der Waals surface area contributed by atoms with Crippen LogP contribution in [0.3, 0.4) is 0 Å². The van der Waals surface area contributed by atoms with Crippen LogP contribution in [0.15, 0.2) is 78.4 Å². The number of piperidine rings is 1. The second-order valence-corrected chi connectivity index (χ2v) is 7.05. The number of nitrogens with zero attached hydrogens (tertiary/aromatic N) is 1. The Hall–Kier alpha value is -2.28. The molecule has 0 spiro atoms. The maximum Gasteiger partial charge on any atom is 0.0548 e. The number of benzene rings is 2. The molecule has 1 nitrogen and oxygen atoms in total. The van der Waals surface area contributed by atoms with E-state index < -0.39 is 0 Å². The number of rotatable bonds is 3. The first-order chi connectivity index (χ1) is 11.8. The first-order valence-corrected chi connectivity index (χ1v) is 9.05. The van der Waals surface area contributed by atoms with E-state index in [9.17, 15) is 0 Å².